The molecule has 0 rings (SSSR count). The Kier molecular flexibility index (Phi) is 39.8. The Morgan fingerprint density at radius 2 is 0.704 bits per heavy atom. The van der Waals surface area contributed by atoms with E-state index in [4.69, 9.17) is 14.2 Å². The minimum atomic E-state index is -0.761. The van der Waals surface area contributed by atoms with Crippen LogP contribution < -0.4 is 0 Å². The Morgan fingerprint density at radius 3 is 1.06 bits per heavy atom. The Bertz CT molecular complexity index is 826. The van der Waals surface area contributed by atoms with Crippen LogP contribution in [-0.2, 0) is 28.6 Å². The Balaban J connectivity index is 4.34. The molecule has 0 heterocycles. The molecule has 2 atom stereocenters. The van der Waals surface area contributed by atoms with Crippen LogP contribution in [0.15, 0.2) is 0 Å². The van der Waals surface area contributed by atoms with Crippen LogP contribution in [0, 0.1) is 11.8 Å². The zero-order chi connectivity index (χ0) is 39.7. The van der Waals surface area contributed by atoms with Crippen LogP contribution in [-0.4, -0.2) is 37.2 Å². The van der Waals surface area contributed by atoms with Gasteiger partial charge in [-0.1, -0.05) is 221 Å². The van der Waals surface area contributed by atoms with Crippen molar-refractivity contribution in [1.29, 1.82) is 0 Å². The molecule has 0 aromatic heterocycles. The van der Waals surface area contributed by atoms with Crippen LogP contribution in [0.5, 0.6) is 0 Å². The van der Waals surface area contributed by atoms with E-state index in [1.54, 1.807) is 0 Å². The van der Waals surface area contributed by atoms with E-state index in [0.29, 0.717) is 19.3 Å². The summed E-state index contributed by atoms with van der Waals surface area (Å²) in [6.45, 7) is 11.3. The van der Waals surface area contributed by atoms with Crippen LogP contribution >= 0.6 is 0 Å². The lowest BCUT2D eigenvalue weighted by Gasteiger charge is -2.18. The maximum absolute atomic E-state index is 12.7. The summed E-state index contributed by atoms with van der Waals surface area (Å²) in [6, 6.07) is 0. The predicted molar refractivity (Wildman–Crippen MR) is 229 cm³/mol. The first kappa shape index (κ1) is 52.4. The summed E-state index contributed by atoms with van der Waals surface area (Å²) in [4.78, 5) is 37.8. The fraction of sp³-hybridized carbons (Fsp3) is 0.938. The summed E-state index contributed by atoms with van der Waals surface area (Å²) >= 11 is 0. The summed E-state index contributed by atoms with van der Waals surface area (Å²) in [5.74, 6) is 0.782. The number of carbonyl (C=O) groups excluding carboxylic acids is 3. The third-order valence-corrected chi connectivity index (χ3v) is 11.1. The van der Waals surface area contributed by atoms with Gasteiger partial charge in [-0.15, -0.1) is 0 Å². The van der Waals surface area contributed by atoms with Crippen molar-refractivity contribution in [2.24, 2.45) is 11.8 Å². The van der Waals surface area contributed by atoms with Gasteiger partial charge in [-0.3, -0.25) is 14.4 Å². The number of hydrogen-bond donors (Lipinski definition) is 0. The predicted octanol–water partition coefficient (Wildman–Crippen LogP) is 15.0. The third-order valence-electron chi connectivity index (χ3n) is 11.1. The number of rotatable bonds is 42. The van der Waals surface area contributed by atoms with Gasteiger partial charge in [0.2, 0.25) is 0 Å². The van der Waals surface area contributed by atoms with E-state index in [1.165, 1.54) is 148 Å². The van der Waals surface area contributed by atoms with Gasteiger partial charge in [0.25, 0.3) is 0 Å². The molecule has 0 aliphatic carbocycles. The van der Waals surface area contributed by atoms with Gasteiger partial charge in [0, 0.05) is 19.3 Å². The molecule has 0 saturated heterocycles. The Hall–Kier alpha value is -1.59. The van der Waals surface area contributed by atoms with E-state index in [-0.39, 0.29) is 31.1 Å². The summed E-state index contributed by atoms with van der Waals surface area (Å²) in [6.07, 6.45) is 39.4. The van der Waals surface area contributed by atoms with E-state index < -0.39 is 6.10 Å². The van der Waals surface area contributed by atoms with E-state index in [2.05, 4.69) is 34.6 Å². The molecule has 0 aromatic carbocycles. The highest BCUT2D eigenvalue weighted by atomic mass is 16.6. The van der Waals surface area contributed by atoms with Crippen LogP contribution in [0.25, 0.3) is 0 Å². The molecule has 0 saturated carbocycles. The second kappa shape index (κ2) is 41.1. The van der Waals surface area contributed by atoms with Crippen LogP contribution in [0.3, 0.4) is 0 Å². The van der Waals surface area contributed by atoms with E-state index in [1.807, 2.05) is 0 Å². The molecular weight excluding hydrogens is 673 g/mol. The molecule has 54 heavy (non-hydrogen) atoms. The van der Waals surface area contributed by atoms with Crippen molar-refractivity contribution in [3.63, 3.8) is 0 Å². The van der Waals surface area contributed by atoms with Crippen molar-refractivity contribution in [3.8, 4) is 0 Å². The number of carbonyl (C=O) groups is 3. The summed E-state index contributed by atoms with van der Waals surface area (Å²) in [5.41, 5.74) is 0. The van der Waals surface area contributed by atoms with Crippen LogP contribution in [0.1, 0.15) is 259 Å². The minimum absolute atomic E-state index is 0.0650. The van der Waals surface area contributed by atoms with Gasteiger partial charge in [0.05, 0.1) is 0 Å². The largest absolute Gasteiger partial charge is 0.462 e. The van der Waals surface area contributed by atoms with Gasteiger partial charge in [-0.25, -0.2) is 0 Å². The van der Waals surface area contributed by atoms with Crippen molar-refractivity contribution >= 4 is 17.9 Å². The van der Waals surface area contributed by atoms with Crippen molar-refractivity contribution < 1.29 is 28.6 Å². The highest BCUT2D eigenvalue weighted by Crippen LogP contribution is 2.17. The molecular formula is C48H92O6. The lowest BCUT2D eigenvalue weighted by atomic mass is 10.00. The molecule has 0 bridgehead atoms. The molecule has 1 unspecified atom stereocenters. The fourth-order valence-electron chi connectivity index (χ4n) is 7.07. The number of hydrogen-bond acceptors (Lipinski definition) is 6. The van der Waals surface area contributed by atoms with Gasteiger partial charge >= 0.3 is 17.9 Å². The number of esters is 3. The monoisotopic (exact) mass is 765 g/mol. The third kappa shape index (κ3) is 40.1. The molecule has 0 radical (unpaired) electrons. The Morgan fingerprint density at radius 1 is 0.389 bits per heavy atom. The van der Waals surface area contributed by atoms with Crippen molar-refractivity contribution in [1.82, 2.24) is 0 Å². The zero-order valence-electron chi connectivity index (χ0n) is 36.8. The van der Waals surface area contributed by atoms with E-state index in [9.17, 15) is 14.4 Å². The van der Waals surface area contributed by atoms with Crippen LogP contribution in [0.4, 0.5) is 0 Å². The SMILES string of the molecule is CCCCCCCCCCCCCCC(=O)OC[C@@H](COC(=O)CCCCCCCCC(C)CC)OC(=O)CCCCCCCCCCCCCC(C)C. The molecule has 6 nitrogen and oxygen atoms in total. The topological polar surface area (TPSA) is 78.9 Å². The lowest BCUT2D eigenvalue weighted by molar-refractivity contribution is -0.167. The highest BCUT2D eigenvalue weighted by molar-refractivity contribution is 5.71. The van der Waals surface area contributed by atoms with Gasteiger partial charge in [-0.2, -0.15) is 0 Å². The second-order valence-corrected chi connectivity index (χ2v) is 17.1. The summed E-state index contributed by atoms with van der Waals surface area (Å²) in [5, 5.41) is 0. The number of unbranched alkanes of at least 4 members (excludes halogenated alkanes) is 26. The summed E-state index contributed by atoms with van der Waals surface area (Å²) in [7, 11) is 0. The standard InChI is InChI=1S/C48H92O6/c1-6-8-9-10-11-12-13-16-19-22-28-33-38-46(49)52-41-45(42-53-47(50)39-34-29-25-24-27-32-37-44(5)7-2)54-48(51)40-35-30-23-20-17-14-15-18-21-26-31-36-43(3)4/h43-45H,6-42H2,1-5H3/t44?,45-/m0/s1. The molecule has 0 amide bonds. The first-order valence-electron chi connectivity index (χ1n) is 23.8. The van der Waals surface area contributed by atoms with E-state index in [0.717, 1.165) is 69.6 Å². The van der Waals surface area contributed by atoms with Gasteiger partial charge in [-0.05, 0) is 31.1 Å². The maximum Gasteiger partial charge on any atom is 0.306 e. The summed E-state index contributed by atoms with van der Waals surface area (Å²) < 4.78 is 16.7. The lowest BCUT2D eigenvalue weighted by Crippen LogP contribution is -2.30. The molecule has 0 aliphatic heterocycles. The quantitative estimate of drug-likeness (QED) is 0.0350. The van der Waals surface area contributed by atoms with Crippen LogP contribution in [0.2, 0.25) is 0 Å². The smallest absolute Gasteiger partial charge is 0.306 e. The van der Waals surface area contributed by atoms with Gasteiger partial charge in [0.1, 0.15) is 13.2 Å². The molecule has 0 spiro atoms. The maximum atomic E-state index is 12.7. The highest BCUT2D eigenvalue weighted by Gasteiger charge is 2.19. The molecule has 0 aromatic rings. The second-order valence-electron chi connectivity index (χ2n) is 17.1. The normalized spacial score (nSPS) is 12.6. The molecule has 6 heteroatoms. The Labute approximate surface area is 336 Å². The van der Waals surface area contributed by atoms with E-state index >= 15 is 0 Å². The fourth-order valence-corrected chi connectivity index (χ4v) is 7.07. The molecule has 0 N–H and O–H groups in total. The average molecular weight is 765 g/mol. The minimum Gasteiger partial charge on any atom is -0.462 e. The molecule has 0 aliphatic rings. The van der Waals surface area contributed by atoms with Crippen molar-refractivity contribution in [2.45, 2.75) is 265 Å². The molecule has 320 valence electrons. The van der Waals surface area contributed by atoms with Gasteiger partial charge < -0.3 is 14.2 Å². The average Bonchev–Trinajstić information content (AvgIpc) is 3.15. The first-order valence-corrected chi connectivity index (χ1v) is 23.8. The first-order chi connectivity index (χ1) is 26.3. The molecule has 0 fully saturated rings. The number of ether oxygens (including phenoxy) is 3. The van der Waals surface area contributed by atoms with Crippen molar-refractivity contribution in [3.05, 3.63) is 0 Å². The van der Waals surface area contributed by atoms with Gasteiger partial charge in [0.15, 0.2) is 6.10 Å². The van der Waals surface area contributed by atoms with Crippen molar-refractivity contribution in [2.75, 3.05) is 13.2 Å². The zero-order valence-corrected chi connectivity index (χ0v) is 36.8.